The van der Waals surface area contributed by atoms with Crippen LogP contribution in [-0.4, -0.2) is 18.5 Å². The predicted molar refractivity (Wildman–Crippen MR) is 80.1 cm³/mol. The summed E-state index contributed by atoms with van der Waals surface area (Å²) >= 11 is 0. The maximum absolute atomic E-state index is 12.4. The quantitative estimate of drug-likeness (QED) is 0.880. The Morgan fingerprint density at radius 3 is 2.62 bits per heavy atom. The fourth-order valence-corrected chi connectivity index (χ4v) is 3.26. The van der Waals surface area contributed by atoms with Crippen molar-refractivity contribution in [3.63, 3.8) is 0 Å². The molecule has 112 valence electrons. The Morgan fingerprint density at radius 2 is 1.95 bits per heavy atom. The van der Waals surface area contributed by atoms with Gasteiger partial charge in [0, 0.05) is 6.20 Å². The number of hydrogen-bond acceptors (Lipinski definition) is 4. The van der Waals surface area contributed by atoms with Gasteiger partial charge in [0.15, 0.2) is 0 Å². The number of pyridine rings is 1. The fraction of sp³-hybridized carbons (Fsp3) is 0.267. The molecule has 0 atom stereocenters. The fourth-order valence-electron chi connectivity index (χ4n) is 1.98. The van der Waals surface area contributed by atoms with Gasteiger partial charge in [-0.1, -0.05) is 18.2 Å². The molecule has 6 heteroatoms. The van der Waals surface area contributed by atoms with Crippen molar-refractivity contribution in [3.05, 3.63) is 58.9 Å². The average molecular weight is 306 g/mol. The number of aryl methyl sites for hydroxylation is 2. The van der Waals surface area contributed by atoms with E-state index in [1.807, 2.05) is 19.1 Å². The monoisotopic (exact) mass is 306 g/mol. The van der Waals surface area contributed by atoms with Gasteiger partial charge in [-0.3, -0.25) is 4.98 Å². The lowest BCUT2D eigenvalue weighted by Gasteiger charge is -2.11. The number of nitrogens with one attached hydrogen (secondary N) is 1. The third-order valence-electron chi connectivity index (χ3n) is 3.27. The van der Waals surface area contributed by atoms with Gasteiger partial charge < -0.3 is 5.11 Å². The van der Waals surface area contributed by atoms with E-state index in [1.165, 1.54) is 6.07 Å². The summed E-state index contributed by atoms with van der Waals surface area (Å²) in [7, 11) is -3.64. The predicted octanol–water partition coefficient (Wildman–Crippen LogP) is 1.67. The van der Waals surface area contributed by atoms with Gasteiger partial charge in [-0.2, -0.15) is 0 Å². The highest BCUT2D eigenvalue weighted by molar-refractivity contribution is 7.89. The van der Waals surface area contributed by atoms with Crippen molar-refractivity contribution < 1.29 is 13.5 Å². The van der Waals surface area contributed by atoms with Crippen LogP contribution in [0, 0.1) is 13.8 Å². The summed E-state index contributed by atoms with van der Waals surface area (Å²) in [6, 6.07) is 8.57. The van der Waals surface area contributed by atoms with Crippen LogP contribution < -0.4 is 4.72 Å². The zero-order valence-electron chi connectivity index (χ0n) is 12.0. The van der Waals surface area contributed by atoms with Gasteiger partial charge in [-0.15, -0.1) is 0 Å². The molecule has 0 aliphatic heterocycles. The Labute approximate surface area is 124 Å². The molecule has 21 heavy (non-hydrogen) atoms. The SMILES string of the molecule is Cc1ccc(CO)cc1S(=O)(=O)NCc1ncccc1C. The molecule has 0 saturated carbocycles. The second kappa shape index (κ2) is 6.34. The summed E-state index contributed by atoms with van der Waals surface area (Å²) in [6.45, 7) is 3.55. The molecule has 2 rings (SSSR count). The molecule has 5 nitrogen and oxygen atoms in total. The summed E-state index contributed by atoms with van der Waals surface area (Å²) in [6.07, 6.45) is 1.63. The number of sulfonamides is 1. The van der Waals surface area contributed by atoms with E-state index in [1.54, 1.807) is 25.3 Å². The number of benzene rings is 1. The molecule has 1 aromatic heterocycles. The van der Waals surface area contributed by atoms with Crippen LogP contribution in [0.1, 0.15) is 22.4 Å². The Morgan fingerprint density at radius 1 is 1.19 bits per heavy atom. The van der Waals surface area contributed by atoms with E-state index in [0.29, 0.717) is 16.8 Å². The molecule has 0 radical (unpaired) electrons. The van der Waals surface area contributed by atoms with Gasteiger partial charge in [-0.05, 0) is 42.7 Å². The molecule has 2 N–H and O–H groups in total. The molecule has 1 aromatic carbocycles. The standard InChI is InChI=1S/C15H18N2O3S/c1-11-4-3-7-16-14(11)9-17-21(19,20)15-8-13(10-18)6-5-12(15)2/h3-8,17-18H,9-10H2,1-2H3. The van der Waals surface area contributed by atoms with Crippen molar-refractivity contribution in [2.45, 2.75) is 31.9 Å². The first-order chi connectivity index (χ1) is 9.94. The molecule has 0 bridgehead atoms. The van der Waals surface area contributed by atoms with E-state index in [-0.39, 0.29) is 18.0 Å². The molecule has 0 spiro atoms. The van der Waals surface area contributed by atoms with Crippen LogP contribution >= 0.6 is 0 Å². The number of nitrogens with zero attached hydrogens (tertiary/aromatic N) is 1. The lowest BCUT2D eigenvalue weighted by atomic mass is 10.2. The van der Waals surface area contributed by atoms with Gasteiger partial charge in [0.1, 0.15) is 0 Å². The molecule has 0 aliphatic rings. The lowest BCUT2D eigenvalue weighted by molar-refractivity contribution is 0.281. The van der Waals surface area contributed by atoms with Crippen LogP contribution in [0.25, 0.3) is 0 Å². The minimum absolute atomic E-state index is 0.137. The van der Waals surface area contributed by atoms with Crippen LogP contribution in [0.4, 0.5) is 0 Å². The maximum Gasteiger partial charge on any atom is 0.241 e. The van der Waals surface area contributed by atoms with Crippen LogP contribution in [0.3, 0.4) is 0 Å². The van der Waals surface area contributed by atoms with E-state index in [9.17, 15) is 8.42 Å². The first kappa shape index (κ1) is 15.6. The molecule has 2 aromatic rings. The van der Waals surface area contributed by atoms with Crippen molar-refractivity contribution in [3.8, 4) is 0 Å². The number of hydrogen-bond donors (Lipinski definition) is 2. The van der Waals surface area contributed by atoms with Crippen LogP contribution in [0.2, 0.25) is 0 Å². The van der Waals surface area contributed by atoms with Crippen molar-refractivity contribution >= 4 is 10.0 Å². The molecule has 0 amide bonds. The third kappa shape index (κ3) is 3.66. The first-order valence-electron chi connectivity index (χ1n) is 6.54. The number of rotatable bonds is 5. The largest absolute Gasteiger partial charge is 0.392 e. The lowest BCUT2D eigenvalue weighted by Crippen LogP contribution is -2.25. The summed E-state index contributed by atoms with van der Waals surface area (Å²) < 4.78 is 27.3. The Balaban J connectivity index is 2.25. The Bertz CT molecular complexity index is 742. The number of aliphatic hydroxyl groups excluding tert-OH is 1. The molecular weight excluding hydrogens is 288 g/mol. The highest BCUT2D eigenvalue weighted by Gasteiger charge is 2.17. The van der Waals surface area contributed by atoms with Crippen molar-refractivity contribution in [2.75, 3.05) is 0 Å². The molecule has 0 aliphatic carbocycles. The van der Waals surface area contributed by atoms with Crippen molar-refractivity contribution in [2.24, 2.45) is 0 Å². The molecule has 0 unspecified atom stereocenters. The minimum atomic E-state index is -3.64. The Hall–Kier alpha value is -1.76. The Kier molecular flexibility index (Phi) is 4.72. The van der Waals surface area contributed by atoms with Crippen LogP contribution in [0.5, 0.6) is 0 Å². The van der Waals surface area contributed by atoms with Gasteiger partial charge in [0.25, 0.3) is 0 Å². The second-order valence-electron chi connectivity index (χ2n) is 4.85. The van der Waals surface area contributed by atoms with Gasteiger partial charge in [-0.25, -0.2) is 13.1 Å². The van der Waals surface area contributed by atoms with Crippen molar-refractivity contribution in [1.82, 2.24) is 9.71 Å². The third-order valence-corrected chi connectivity index (χ3v) is 4.82. The topological polar surface area (TPSA) is 79.3 Å². The first-order valence-corrected chi connectivity index (χ1v) is 8.03. The minimum Gasteiger partial charge on any atom is -0.392 e. The molecule has 0 fully saturated rings. The van der Waals surface area contributed by atoms with E-state index in [2.05, 4.69) is 9.71 Å². The number of aliphatic hydroxyl groups is 1. The second-order valence-corrected chi connectivity index (χ2v) is 6.58. The van der Waals surface area contributed by atoms with Gasteiger partial charge in [0.2, 0.25) is 10.0 Å². The maximum atomic E-state index is 12.4. The van der Waals surface area contributed by atoms with E-state index >= 15 is 0 Å². The van der Waals surface area contributed by atoms with Crippen LogP contribution in [-0.2, 0) is 23.2 Å². The zero-order chi connectivity index (χ0) is 15.5. The summed E-state index contributed by atoms with van der Waals surface area (Å²) in [5, 5.41) is 9.14. The smallest absolute Gasteiger partial charge is 0.241 e. The molecular formula is C15H18N2O3S. The normalized spacial score (nSPS) is 11.6. The van der Waals surface area contributed by atoms with E-state index in [0.717, 1.165) is 5.56 Å². The van der Waals surface area contributed by atoms with E-state index in [4.69, 9.17) is 5.11 Å². The van der Waals surface area contributed by atoms with Gasteiger partial charge in [0.05, 0.1) is 23.7 Å². The molecule has 1 heterocycles. The summed E-state index contributed by atoms with van der Waals surface area (Å²) in [4.78, 5) is 4.35. The average Bonchev–Trinajstić information content (AvgIpc) is 2.47. The summed E-state index contributed by atoms with van der Waals surface area (Å²) in [5.41, 5.74) is 2.82. The highest BCUT2D eigenvalue weighted by atomic mass is 32.2. The summed E-state index contributed by atoms with van der Waals surface area (Å²) in [5.74, 6) is 0. The van der Waals surface area contributed by atoms with E-state index < -0.39 is 10.0 Å². The van der Waals surface area contributed by atoms with Crippen LogP contribution in [0.15, 0.2) is 41.4 Å². The van der Waals surface area contributed by atoms with Gasteiger partial charge >= 0.3 is 0 Å². The van der Waals surface area contributed by atoms with Crippen molar-refractivity contribution in [1.29, 1.82) is 0 Å². The zero-order valence-corrected chi connectivity index (χ0v) is 12.8. The number of aromatic nitrogens is 1. The molecule has 0 saturated heterocycles. The highest BCUT2D eigenvalue weighted by Crippen LogP contribution is 2.17.